The number of aromatic amines is 1. The third-order valence-electron chi connectivity index (χ3n) is 7.84. The molecule has 0 radical (unpaired) electrons. The second-order valence-corrected chi connectivity index (χ2v) is 10.6. The lowest BCUT2D eigenvalue weighted by atomic mass is 9.52. The Morgan fingerprint density at radius 2 is 2.09 bits per heavy atom. The van der Waals surface area contributed by atoms with Crippen LogP contribution in [0.5, 0.6) is 0 Å². The molecule has 0 aliphatic heterocycles. The maximum Gasteiger partial charge on any atom is 0.292 e. The van der Waals surface area contributed by atoms with Crippen molar-refractivity contribution in [1.29, 1.82) is 0 Å². The number of carbonyl (C=O) groups excluding carboxylic acids is 1. The van der Waals surface area contributed by atoms with Crippen molar-refractivity contribution >= 4 is 22.6 Å². The summed E-state index contributed by atoms with van der Waals surface area (Å²) in [6, 6.07) is 2.26. The van der Waals surface area contributed by atoms with Gasteiger partial charge in [-0.15, -0.1) is 0 Å². The molecule has 4 aliphatic carbocycles. The van der Waals surface area contributed by atoms with Crippen LogP contribution in [-0.4, -0.2) is 74.8 Å². The standard InChI is InChI=1S/C24H31N7O3/c1-31(2)6-5-26-22(32)21-29-23(34-30-21)17-12-27-20-16(3-4-25-20)19(17)28-18-14-7-13-8-15(18)11-24(33,9-13)10-14/h3-4,12-15,18,33H,5-11H2,1-2H3,(H,26,32)(H2,25,27,28). The summed E-state index contributed by atoms with van der Waals surface area (Å²) in [6.07, 6.45) is 8.56. The zero-order valence-corrected chi connectivity index (χ0v) is 19.5. The Morgan fingerprint density at radius 1 is 1.29 bits per heavy atom. The van der Waals surface area contributed by atoms with Crippen molar-refractivity contribution in [1.82, 2.24) is 30.3 Å². The smallest absolute Gasteiger partial charge is 0.292 e. The molecular weight excluding hydrogens is 434 g/mol. The fourth-order valence-corrected chi connectivity index (χ4v) is 6.61. The molecule has 10 heteroatoms. The van der Waals surface area contributed by atoms with Gasteiger partial charge in [-0.2, -0.15) is 4.98 Å². The van der Waals surface area contributed by atoms with Crippen LogP contribution < -0.4 is 10.6 Å². The number of aliphatic hydroxyl groups is 1. The minimum Gasteiger partial charge on any atom is -0.390 e. The van der Waals surface area contributed by atoms with Crippen LogP contribution in [0.4, 0.5) is 5.69 Å². The molecule has 3 heterocycles. The number of nitrogens with zero attached hydrogens (tertiary/aromatic N) is 4. The summed E-state index contributed by atoms with van der Waals surface area (Å²) < 4.78 is 5.53. The van der Waals surface area contributed by atoms with E-state index in [1.54, 1.807) is 6.20 Å². The third-order valence-corrected chi connectivity index (χ3v) is 7.84. The number of fused-ring (bicyclic) bond motifs is 1. The molecule has 10 nitrogen and oxygen atoms in total. The molecule has 2 atom stereocenters. The number of carbonyl (C=O) groups is 1. The van der Waals surface area contributed by atoms with E-state index in [2.05, 4.69) is 30.7 Å². The van der Waals surface area contributed by atoms with E-state index in [1.165, 1.54) is 0 Å². The quantitative estimate of drug-likeness (QED) is 0.418. The van der Waals surface area contributed by atoms with Gasteiger partial charge in [0.15, 0.2) is 0 Å². The largest absolute Gasteiger partial charge is 0.390 e. The number of anilines is 1. The van der Waals surface area contributed by atoms with Crippen LogP contribution in [0.3, 0.4) is 0 Å². The van der Waals surface area contributed by atoms with Crippen LogP contribution in [0.15, 0.2) is 23.0 Å². The number of aromatic nitrogens is 4. The number of amides is 1. The van der Waals surface area contributed by atoms with Gasteiger partial charge in [-0.05, 0) is 70.0 Å². The molecule has 4 saturated carbocycles. The first kappa shape index (κ1) is 21.5. The van der Waals surface area contributed by atoms with Crippen molar-refractivity contribution in [2.75, 3.05) is 32.5 Å². The van der Waals surface area contributed by atoms with Crippen molar-refractivity contribution in [2.45, 2.75) is 43.7 Å². The third kappa shape index (κ3) is 3.74. The molecule has 7 rings (SSSR count). The average Bonchev–Trinajstić information content (AvgIpc) is 3.44. The lowest BCUT2D eigenvalue weighted by Crippen LogP contribution is -2.59. The molecule has 4 aliphatic rings. The average molecular weight is 466 g/mol. The van der Waals surface area contributed by atoms with E-state index < -0.39 is 5.60 Å². The van der Waals surface area contributed by atoms with Gasteiger partial charge in [-0.25, -0.2) is 4.98 Å². The Bertz CT molecular complexity index is 1200. The number of likely N-dealkylation sites (N-methyl/N-ethyl adjacent to an activating group) is 1. The van der Waals surface area contributed by atoms with Crippen LogP contribution in [0.1, 0.15) is 42.7 Å². The zero-order valence-electron chi connectivity index (χ0n) is 19.5. The van der Waals surface area contributed by atoms with Gasteiger partial charge in [0.1, 0.15) is 5.65 Å². The summed E-state index contributed by atoms with van der Waals surface area (Å²) >= 11 is 0. The highest BCUT2D eigenvalue weighted by atomic mass is 16.5. The Morgan fingerprint density at radius 3 is 2.82 bits per heavy atom. The Balaban J connectivity index is 1.29. The topological polar surface area (TPSA) is 132 Å². The fraction of sp³-hybridized carbons (Fsp3) is 0.583. The van der Waals surface area contributed by atoms with Gasteiger partial charge >= 0.3 is 0 Å². The summed E-state index contributed by atoms with van der Waals surface area (Å²) in [5.74, 6) is 1.41. The highest BCUT2D eigenvalue weighted by Gasteiger charge is 2.54. The van der Waals surface area contributed by atoms with E-state index in [-0.39, 0.29) is 23.7 Å². The maximum absolute atomic E-state index is 12.5. The van der Waals surface area contributed by atoms with Crippen LogP contribution in [0.2, 0.25) is 0 Å². The van der Waals surface area contributed by atoms with E-state index >= 15 is 0 Å². The number of rotatable bonds is 7. The predicted octanol–water partition coefficient (Wildman–Crippen LogP) is 2.26. The number of hydrogen-bond donors (Lipinski definition) is 4. The highest BCUT2D eigenvalue weighted by molar-refractivity contribution is 5.97. The Labute approximate surface area is 197 Å². The number of nitrogens with one attached hydrogen (secondary N) is 3. The van der Waals surface area contributed by atoms with Gasteiger partial charge in [-0.3, -0.25) is 4.79 Å². The molecule has 4 fully saturated rings. The molecule has 2 unspecified atom stereocenters. The first-order chi connectivity index (χ1) is 16.4. The van der Waals surface area contributed by atoms with Gasteiger partial charge in [-0.1, -0.05) is 5.16 Å². The van der Waals surface area contributed by atoms with Gasteiger partial charge in [0.2, 0.25) is 0 Å². The maximum atomic E-state index is 12.5. The molecule has 34 heavy (non-hydrogen) atoms. The van der Waals surface area contributed by atoms with Gasteiger partial charge in [0, 0.05) is 36.9 Å². The molecule has 3 aromatic rings. The molecule has 0 aromatic carbocycles. The van der Waals surface area contributed by atoms with Crippen LogP contribution in [-0.2, 0) is 0 Å². The molecule has 0 saturated heterocycles. The number of pyridine rings is 1. The van der Waals surface area contributed by atoms with Crippen molar-refractivity contribution in [3.05, 3.63) is 24.3 Å². The van der Waals surface area contributed by atoms with Gasteiger partial charge < -0.3 is 30.1 Å². The van der Waals surface area contributed by atoms with E-state index in [0.29, 0.717) is 29.9 Å². The second-order valence-electron chi connectivity index (χ2n) is 10.6. The summed E-state index contributed by atoms with van der Waals surface area (Å²) in [5.41, 5.74) is 1.86. The first-order valence-corrected chi connectivity index (χ1v) is 12.1. The van der Waals surface area contributed by atoms with Crippen molar-refractivity contribution in [3.63, 3.8) is 0 Å². The Kier molecular flexibility index (Phi) is 5.11. The predicted molar refractivity (Wildman–Crippen MR) is 126 cm³/mol. The number of hydrogen-bond acceptors (Lipinski definition) is 8. The zero-order chi connectivity index (χ0) is 23.4. The molecule has 3 aromatic heterocycles. The minimum absolute atomic E-state index is 0.00529. The van der Waals surface area contributed by atoms with Crippen molar-refractivity contribution in [2.24, 2.45) is 17.8 Å². The van der Waals surface area contributed by atoms with Crippen LogP contribution in [0, 0.1) is 17.8 Å². The monoisotopic (exact) mass is 465 g/mol. The summed E-state index contributed by atoms with van der Waals surface area (Å²) in [5, 5.41) is 22.5. The molecule has 4 bridgehead atoms. The SMILES string of the molecule is CN(C)CCNC(=O)c1noc(-c2cnc3[nH]ccc3c2NC2C3CC4CC2CC(O)(C4)C3)n1. The van der Waals surface area contributed by atoms with Crippen molar-refractivity contribution < 1.29 is 14.4 Å². The summed E-state index contributed by atoms with van der Waals surface area (Å²) in [6.45, 7) is 1.22. The van der Waals surface area contributed by atoms with E-state index in [1.807, 2.05) is 31.3 Å². The van der Waals surface area contributed by atoms with Crippen LogP contribution in [0.25, 0.3) is 22.5 Å². The van der Waals surface area contributed by atoms with E-state index in [9.17, 15) is 9.90 Å². The molecule has 4 N–H and O–H groups in total. The second kappa shape index (κ2) is 8.06. The lowest BCUT2D eigenvalue weighted by molar-refractivity contribution is -0.129. The van der Waals surface area contributed by atoms with E-state index in [0.717, 1.165) is 55.4 Å². The lowest BCUT2D eigenvalue weighted by Gasteiger charge is -2.58. The van der Waals surface area contributed by atoms with E-state index in [4.69, 9.17) is 4.52 Å². The minimum atomic E-state index is -0.486. The normalized spacial score (nSPS) is 29.8. The summed E-state index contributed by atoms with van der Waals surface area (Å²) in [4.78, 5) is 26.5. The van der Waals surface area contributed by atoms with Gasteiger partial charge in [0.05, 0.1) is 16.9 Å². The summed E-state index contributed by atoms with van der Waals surface area (Å²) in [7, 11) is 3.89. The Hall–Kier alpha value is -2.98. The van der Waals surface area contributed by atoms with Crippen LogP contribution >= 0.6 is 0 Å². The molecule has 180 valence electrons. The highest BCUT2D eigenvalue weighted by Crippen LogP contribution is 2.56. The molecule has 1 amide bonds. The molecule has 0 spiro atoms. The number of H-pyrrole nitrogens is 1. The van der Waals surface area contributed by atoms with Crippen molar-refractivity contribution in [3.8, 4) is 11.5 Å². The molecular formula is C24H31N7O3. The van der Waals surface area contributed by atoms with Gasteiger partial charge in [0.25, 0.3) is 17.6 Å². The fourth-order valence-electron chi connectivity index (χ4n) is 6.61. The first-order valence-electron chi connectivity index (χ1n) is 12.1.